The maximum absolute atomic E-state index is 12.2. The molecule has 0 radical (unpaired) electrons. The van der Waals surface area contributed by atoms with E-state index in [-0.39, 0.29) is 40.3 Å². The summed E-state index contributed by atoms with van der Waals surface area (Å²) in [7, 11) is 0. The molecular weight excluding hydrogens is 347 g/mol. The first-order valence-corrected chi connectivity index (χ1v) is 8.18. The zero-order valence-electron chi connectivity index (χ0n) is 13.5. The number of amides is 1. The van der Waals surface area contributed by atoms with Crippen molar-refractivity contribution in [2.24, 2.45) is 0 Å². The number of anilines is 2. The minimum atomic E-state index is -0.288. The Hall–Kier alpha value is -2.04. The van der Waals surface area contributed by atoms with Crippen LogP contribution in [0.2, 0.25) is 10.0 Å². The van der Waals surface area contributed by atoms with Gasteiger partial charge in [-0.15, -0.1) is 0 Å². The van der Waals surface area contributed by atoms with Gasteiger partial charge in [-0.1, -0.05) is 35.3 Å². The lowest BCUT2D eigenvalue weighted by Crippen LogP contribution is -2.13. The number of benzene rings is 2. The lowest BCUT2D eigenvalue weighted by molar-refractivity contribution is -0.116. The second kappa shape index (κ2) is 7.69. The molecule has 0 saturated heterocycles. The summed E-state index contributed by atoms with van der Waals surface area (Å²) in [5.41, 5.74) is 9.15. The summed E-state index contributed by atoms with van der Waals surface area (Å²) in [6.07, 6.45) is 0.205. The van der Waals surface area contributed by atoms with Crippen molar-refractivity contribution in [3.63, 3.8) is 0 Å². The van der Waals surface area contributed by atoms with Crippen LogP contribution in [0.25, 0.3) is 0 Å². The second-order valence-electron chi connectivity index (χ2n) is 5.62. The molecule has 2 rings (SSSR count). The summed E-state index contributed by atoms with van der Waals surface area (Å²) in [6, 6.07) is 8.57. The van der Waals surface area contributed by atoms with Crippen LogP contribution in [0.4, 0.5) is 11.4 Å². The highest BCUT2D eigenvalue weighted by Gasteiger charge is 2.12. The molecule has 0 aromatic heterocycles. The van der Waals surface area contributed by atoms with Gasteiger partial charge >= 0.3 is 0 Å². The van der Waals surface area contributed by atoms with E-state index in [1.807, 2.05) is 26.0 Å². The number of carbonyl (C=O) groups excluding carboxylic acids is 2. The van der Waals surface area contributed by atoms with Crippen molar-refractivity contribution in [3.8, 4) is 0 Å². The van der Waals surface area contributed by atoms with Crippen molar-refractivity contribution in [2.45, 2.75) is 26.7 Å². The molecule has 0 aliphatic rings. The van der Waals surface area contributed by atoms with Gasteiger partial charge in [0, 0.05) is 24.1 Å². The van der Waals surface area contributed by atoms with Crippen molar-refractivity contribution in [1.82, 2.24) is 0 Å². The largest absolute Gasteiger partial charge is 0.396 e. The zero-order chi connectivity index (χ0) is 17.9. The normalized spacial score (nSPS) is 10.5. The zero-order valence-corrected chi connectivity index (χ0v) is 15.0. The quantitative estimate of drug-likeness (QED) is 0.591. The number of halogens is 2. The molecule has 0 aliphatic heterocycles. The lowest BCUT2D eigenvalue weighted by atomic mass is 10.0. The molecule has 6 heteroatoms. The summed E-state index contributed by atoms with van der Waals surface area (Å²) in [5.74, 6) is -0.356. The monoisotopic (exact) mass is 364 g/mol. The van der Waals surface area contributed by atoms with Crippen LogP contribution in [0.3, 0.4) is 0 Å². The van der Waals surface area contributed by atoms with Gasteiger partial charge in [0.25, 0.3) is 0 Å². The molecule has 0 fully saturated rings. The Morgan fingerprint density at radius 2 is 1.62 bits per heavy atom. The fourth-order valence-electron chi connectivity index (χ4n) is 2.17. The van der Waals surface area contributed by atoms with Crippen LogP contribution in [0.5, 0.6) is 0 Å². The standard InChI is InChI=1S/C18H18Cl2N2O2/c1-10-3-4-12(7-11(10)2)16(23)5-6-17(24)22-13-8-14(19)18(21)15(20)9-13/h3-4,7-9H,5-6,21H2,1-2H3,(H,22,24). The third kappa shape index (κ3) is 4.49. The highest BCUT2D eigenvalue weighted by Crippen LogP contribution is 2.31. The highest BCUT2D eigenvalue weighted by atomic mass is 35.5. The number of carbonyl (C=O) groups is 2. The van der Waals surface area contributed by atoms with Gasteiger partial charge in [-0.2, -0.15) is 0 Å². The van der Waals surface area contributed by atoms with Crippen molar-refractivity contribution in [1.29, 1.82) is 0 Å². The Bertz CT molecular complexity index is 781. The Labute approximate surface area is 150 Å². The molecule has 3 N–H and O–H groups in total. The Balaban J connectivity index is 1.95. The van der Waals surface area contributed by atoms with Crippen molar-refractivity contribution in [3.05, 3.63) is 57.1 Å². The summed E-state index contributed by atoms with van der Waals surface area (Å²) < 4.78 is 0. The number of nitrogens with one attached hydrogen (secondary N) is 1. The van der Waals surface area contributed by atoms with E-state index in [1.54, 1.807) is 6.07 Å². The maximum atomic E-state index is 12.2. The number of aryl methyl sites for hydroxylation is 2. The molecule has 0 saturated carbocycles. The summed E-state index contributed by atoms with van der Waals surface area (Å²) in [6.45, 7) is 3.94. The van der Waals surface area contributed by atoms with Gasteiger partial charge in [-0.05, 0) is 43.2 Å². The maximum Gasteiger partial charge on any atom is 0.224 e. The number of hydrogen-bond donors (Lipinski definition) is 2. The molecule has 24 heavy (non-hydrogen) atoms. The topological polar surface area (TPSA) is 72.2 Å². The van der Waals surface area contributed by atoms with Crippen LogP contribution in [0, 0.1) is 13.8 Å². The molecule has 0 heterocycles. The van der Waals surface area contributed by atoms with E-state index in [4.69, 9.17) is 28.9 Å². The van der Waals surface area contributed by atoms with Gasteiger partial charge in [-0.3, -0.25) is 9.59 Å². The molecule has 1 amide bonds. The average molecular weight is 365 g/mol. The van der Waals surface area contributed by atoms with E-state index >= 15 is 0 Å². The van der Waals surface area contributed by atoms with Crippen LogP contribution in [0.15, 0.2) is 30.3 Å². The molecule has 0 aliphatic carbocycles. The van der Waals surface area contributed by atoms with E-state index in [0.29, 0.717) is 11.3 Å². The fraction of sp³-hybridized carbons (Fsp3) is 0.222. The van der Waals surface area contributed by atoms with Crippen LogP contribution in [-0.4, -0.2) is 11.7 Å². The molecule has 2 aromatic rings. The predicted octanol–water partition coefficient (Wildman–Crippen LogP) is 4.79. The number of rotatable bonds is 5. The number of nitrogens with two attached hydrogens (primary N) is 1. The van der Waals surface area contributed by atoms with Gasteiger partial charge in [0.1, 0.15) is 0 Å². The number of hydrogen-bond acceptors (Lipinski definition) is 3. The first-order valence-electron chi connectivity index (χ1n) is 7.42. The molecule has 126 valence electrons. The molecule has 0 unspecified atom stereocenters. The molecule has 0 bridgehead atoms. The van der Waals surface area contributed by atoms with Crippen LogP contribution in [0.1, 0.15) is 34.3 Å². The smallest absolute Gasteiger partial charge is 0.224 e. The molecule has 2 aromatic carbocycles. The third-order valence-corrected chi connectivity index (χ3v) is 4.40. The van der Waals surface area contributed by atoms with E-state index in [2.05, 4.69) is 5.32 Å². The predicted molar refractivity (Wildman–Crippen MR) is 99.0 cm³/mol. The first-order chi connectivity index (χ1) is 11.3. The van der Waals surface area contributed by atoms with E-state index in [1.165, 1.54) is 12.1 Å². The van der Waals surface area contributed by atoms with Gasteiger partial charge in [-0.25, -0.2) is 0 Å². The SMILES string of the molecule is Cc1ccc(C(=O)CCC(=O)Nc2cc(Cl)c(N)c(Cl)c2)cc1C. The molecule has 0 spiro atoms. The van der Waals surface area contributed by atoms with E-state index in [0.717, 1.165) is 11.1 Å². The van der Waals surface area contributed by atoms with Gasteiger partial charge in [0.15, 0.2) is 5.78 Å². The summed E-state index contributed by atoms with van der Waals surface area (Å²) >= 11 is 11.8. The Kier molecular flexibility index (Phi) is 5.86. The highest BCUT2D eigenvalue weighted by molar-refractivity contribution is 6.39. The molecule has 0 atom stereocenters. The van der Waals surface area contributed by atoms with Crippen molar-refractivity contribution >= 4 is 46.3 Å². The molecular formula is C18H18Cl2N2O2. The second-order valence-corrected chi connectivity index (χ2v) is 6.44. The summed E-state index contributed by atoms with van der Waals surface area (Å²) in [4.78, 5) is 24.2. The minimum Gasteiger partial charge on any atom is -0.396 e. The van der Waals surface area contributed by atoms with Crippen molar-refractivity contribution in [2.75, 3.05) is 11.1 Å². The fourth-order valence-corrected chi connectivity index (χ4v) is 2.65. The average Bonchev–Trinajstić information content (AvgIpc) is 2.52. The van der Waals surface area contributed by atoms with E-state index < -0.39 is 0 Å². The van der Waals surface area contributed by atoms with Crippen molar-refractivity contribution < 1.29 is 9.59 Å². The van der Waals surface area contributed by atoms with Crippen LogP contribution < -0.4 is 11.1 Å². The number of Topliss-reactive ketones (excluding diaryl/α,β-unsaturated/α-hetero) is 1. The van der Waals surface area contributed by atoms with Gasteiger partial charge in [0.2, 0.25) is 5.91 Å². The summed E-state index contributed by atoms with van der Waals surface area (Å²) in [5, 5.41) is 3.20. The van der Waals surface area contributed by atoms with Gasteiger partial charge in [0.05, 0.1) is 15.7 Å². The third-order valence-electron chi connectivity index (χ3n) is 3.77. The van der Waals surface area contributed by atoms with Crippen LogP contribution in [-0.2, 0) is 4.79 Å². The number of nitrogen functional groups attached to an aromatic ring is 1. The number of ketones is 1. The Morgan fingerprint density at radius 1 is 1.00 bits per heavy atom. The van der Waals surface area contributed by atoms with Gasteiger partial charge < -0.3 is 11.1 Å². The molecule has 4 nitrogen and oxygen atoms in total. The van der Waals surface area contributed by atoms with E-state index in [9.17, 15) is 9.59 Å². The minimum absolute atomic E-state index is 0.0679. The lowest BCUT2D eigenvalue weighted by Gasteiger charge is -2.09. The first kappa shape index (κ1) is 18.3. The Morgan fingerprint density at radius 3 is 2.21 bits per heavy atom. The van der Waals surface area contributed by atoms with Crippen LogP contribution >= 0.6 is 23.2 Å².